The second-order valence-electron chi connectivity index (χ2n) is 12.9. The van der Waals surface area contributed by atoms with Crippen LogP contribution in [-0.2, 0) is 17.5 Å². The van der Waals surface area contributed by atoms with Crippen molar-refractivity contribution in [3.8, 4) is 11.1 Å². The first-order valence-corrected chi connectivity index (χ1v) is 15.5. The fraction of sp³-hybridized carbons (Fsp3) is 0.412. The van der Waals surface area contributed by atoms with E-state index in [0.29, 0.717) is 36.7 Å². The molecule has 5 rings (SSSR count). The molecular weight excluding hydrogens is 638 g/mol. The lowest BCUT2D eigenvalue weighted by atomic mass is 9.97. The summed E-state index contributed by atoms with van der Waals surface area (Å²) in [6.07, 6.45) is -4.80. The number of halogens is 5. The van der Waals surface area contributed by atoms with E-state index in [2.05, 4.69) is 9.97 Å². The molecule has 1 aromatic carbocycles. The molecule has 4 heterocycles. The number of rotatable bonds is 6. The fourth-order valence-electron chi connectivity index (χ4n) is 6.37. The molecule has 0 radical (unpaired) electrons. The third kappa shape index (κ3) is 6.39. The van der Waals surface area contributed by atoms with Crippen molar-refractivity contribution in [1.82, 2.24) is 19.4 Å². The second-order valence-corrected chi connectivity index (χ2v) is 13.3. The van der Waals surface area contributed by atoms with Crippen LogP contribution < -0.4 is 4.90 Å². The summed E-state index contributed by atoms with van der Waals surface area (Å²) in [5, 5.41) is -0.0613. The number of pyridine rings is 2. The van der Waals surface area contributed by atoms with Crippen LogP contribution in [0.2, 0.25) is 5.02 Å². The van der Waals surface area contributed by atoms with Crippen LogP contribution in [0, 0.1) is 25.6 Å². The lowest BCUT2D eigenvalue weighted by Crippen LogP contribution is -2.61. The molecule has 8 nitrogen and oxygen atoms in total. The van der Waals surface area contributed by atoms with Gasteiger partial charge in [-0.2, -0.15) is 13.2 Å². The first-order valence-electron chi connectivity index (χ1n) is 15.1. The number of piperazine rings is 1. The van der Waals surface area contributed by atoms with E-state index in [1.165, 1.54) is 31.4 Å². The van der Waals surface area contributed by atoms with Gasteiger partial charge in [-0.15, -0.1) is 0 Å². The monoisotopic (exact) mass is 673 g/mol. The van der Waals surface area contributed by atoms with Gasteiger partial charge in [0.1, 0.15) is 28.7 Å². The van der Waals surface area contributed by atoms with E-state index >= 15 is 0 Å². The highest BCUT2D eigenvalue weighted by atomic mass is 35.5. The Morgan fingerprint density at radius 2 is 1.77 bits per heavy atom. The van der Waals surface area contributed by atoms with Gasteiger partial charge in [-0.1, -0.05) is 31.5 Å². The maximum atomic E-state index is 14.7. The Balaban J connectivity index is 1.54. The summed E-state index contributed by atoms with van der Waals surface area (Å²) < 4.78 is 64.7. The Kier molecular flexibility index (Phi) is 9.04. The molecule has 0 spiro atoms. The Morgan fingerprint density at radius 3 is 2.34 bits per heavy atom. The van der Waals surface area contributed by atoms with Gasteiger partial charge in [-0.3, -0.25) is 4.79 Å². The molecule has 0 atom stereocenters. The number of anilines is 1. The summed E-state index contributed by atoms with van der Waals surface area (Å²) in [5.41, 5.74) is -0.267. The number of nitrogens with zero attached hydrogens (tertiary/aromatic N) is 5. The Hall–Kier alpha value is -4.19. The normalized spacial score (nSPS) is 15.1. The Labute approximate surface area is 275 Å². The number of amides is 1. The highest BCUT2D eigenvalue weighted by molar-refractivity contribution is 6.30. The molecule has 1 fully saturated rings. The maximum Gasteiger partial charge on any atom is 0.432 e. The molecule has 0 aliphatic carbocycles. The number of hydrogen-bond acceptors (Lipinski definition) is 6. The van der Waals surface area contributed by atoms with Crippen LogP contribution in [0.4, 0.5) is 23.4 Å². The maximum absolute atomic E-state index is 14.7. The van der Waals surface area contributed by atoms with Gasteiger partial charge < -0.3 is 19.1 Å². The minimum absolute atomic E-state index is 0.00330. The quantitative estimate of drug-likeness (QED) is 0.154. The van der Waals surface area contributed by atoms with Crippen LogP contribution in [-0.4, -0.2) is 63.6 Å². The van der Waals surface area contributed by atoms with Crippen molar-refractivity contribution in [2.24, 2.45) is 5.92 Å². The number of carbonyl (C=O) groups excluding carboxylic acids is 2. The number of benzene rings is 1. The van der Waals surface area contributed by atoms with Crippen molar-refractivity contribution < 1.29 is 31.9 Å². The molecule has 1 saturated heterocycles. The third-order valence-corrected chi connectivity index (χ3v) is 8.70. The predicted octanol–water partition coefficient (Wildman–Crippen LogP) is 7.71. The largest absolute Gasteiger partial charge is 0.465 e. The zero-order chi connectivity index (χ0) is 34.6. The fourth-order valence-corrected chi connectivity index (χ4v) is 6.48. The summed E-state index contributed by atoms with van der Waals surface area (Å²) >= 11 is 5.84. The van der Waals surface area contributed by atoms with Crippen LogP contribution >= 0.6 is 11.6 Å². The van der Waals surface area contributed by atoms with Crippen molar-refractivity contribution in [2.45, 2.75) is 59.8 Å². The van der Waals surface area contributed by atoms with Gasteiger partial charge in [-0.25, -0.2) is 19.2 Å². The molecule has 1 amide bonds. The van der Waals surface area contributed by atoms with E-state index in [1.54, 1.807) is 25.7 Å². The topological polar surface area (TPSA) is 80.6 Å². The summed E-state index contributed by atoms with van der Waals surface area (Å²) in [4.78, 5) is 39.1. The third-order valence-electron chi connectivity index (χ3n) is 8.40. The van der Waals surface area contributed by atoms with E-state index in [1.807, 2.05) is 31.7 Å². The van der Waals surface area contributed by atoms with Crippen molar-refractivity contribution in [3.63, 3.8) is 0 Å². The summed E-state index contributed by atoms with van der Waals surface area (Å²) in [5.74, 6) is -1.28. The van der Waals surface area contributed by atoms with Gasteiger partial charge in [-0.05, 0) is 75.1 Å². The van der Waals surface area contributed by atoms with E-state index in [4.69, 9.17) is 16.3 Å². The first-order chi connectivity index (χ1) is 21.9. The predicted molar refractivity (Wildman–Crippen MR) is 172 cm³/mol. The number of hydrogen-bond donors (Lipinski definition) is 0. The van der Waals surface area contributed by atoms with Gasteiger partial charge in [0.05, 0.1) is 28.9 Å². The molecule has 4 aromatic rings. The first kappa shape index (κ1) is 34.2. The Bertz CT molecular complexity index is 1860. The van der Waals surface area contributed by atoms with Crippen molar-refractivity contribution in [1.29, 1.82) is 0 Å². The number of alkyl halides is 3. The molecule has 0 bridgehead atoms. The number of ether oxygens (including phenoxy) is 1. The van der Waals surface area contributed by atoms with E-state index in [9.17, 15) is 27.2 Å². The van der Waals surface area contributed by atoms with Crippen molar-refractivity contribution in [3.05, 3.63) is 75.4 Å². The SMILES string of the molecule is COC(=O)c1c(C)cc(N2CCN(C(=O)c3ccc4c(-c5ccc(Cl)c(F)c5)c(C(F)(F)F)n(CC(C)C)c4n3)C(C)(C)C2)nc1C. The van der Waals surface area contributed by atoms with Gasteiger partial charge >= 0.3 is 12.1 Å². The summed E-state index contributed by atoms with van der Waals surface area (Å²) in [6.45, 7) is 12.0. The second kappa shape index (κ2) is 12.4. The van der Waals surface area contributed by atoms with Crippen LogP contribution in [0.1, 0.15) is 65.5 Å². The molecule has 1 aliphatic rings. The van der Waals surface area contributed by atoms with Crippen LogP contribution in [0.25, 0.3) is 22.2 Å². The molecule has 250 valence electrons. The zero-order valence-corrected chi connectivity index (χ0v) is 28.0. The molecule has 0 N–H and O–H groups in total. The average Bonchev–Trinajstić information content (AvgIpc) is 3.30. The molecule has 0 saturated carbocycles. The summed E-state index contributed by atoms with van der Waals surface area (Å²) in [7, 11) is 1.32. The smallest absolute Gasteiger partial charge is 0.432 e. The minimum atomic E-state index is -4.80. The minimum Gasteiger partial charge on any atom is -0.465 e. The molecule has 3 aromatic heterocycles. The standard InChI is InChI=1S/C34H36ClF4N5O3/c1-18(2)16-43-29(34(37,38)39)28(21-8-10-23(35)24(36)15-21)22-9-11-25(41-30(22)43)31(45)44-13-12-42(17-33(44,5)6)26-14-19(3)27(20(4)40-26)32(46)47-7/h8-11,14-15,18H,12-13,16-17H2,1-7H3. The highest BCUT2D eigenvalue weighted by Gasteiger charge is 2.42. The molecule has 0 unspecified atom stereocenters. The highest BCUT2D eigenvalue weighted by Crippen LogP contribution is 2.44. The summed E-state index contributed by atoms with van der Waals surface area (Å²) in [6, 6.07) is 8.23. The number of esters is 1. The lowest BCUT2D eigenvalue weighted by Gasteiger charge is -2.47. The van der Waals surface area contributed by atoms with Crippen LogP contribution in [0.15, 0.2) is 36.4 Å². The number of fused-ring (bicyclic) bond motifs is 1. The van der Waals surface area contributed by atoms with E-state index < -0.39 is 35.1 Å². The van der Waals surface area contributed by atoms with Gasteiger partial charge in [0.15, 0.2) is 0 Å². The van der Waals surface area contributed by atoms with E-state index in [0.717, 1.165) is 16.2 Å². The number of aryl methyl sites for hydroxylation is 2. The van der Waals surface area contributed by atoms with Gasteiger partial charge in [0, 0.05) is 37.1 Å². The molecule has 47 heavy (non-hydrogen) atoms. The van der Waals surface area contributed by atoms with Crippen molar-refractivity contribution >= 4 is 40.3 Å². The zero-order valence-electron chi connectivity index (χ0n) is 27.2. The molecule has 1 aliphatic heterocycles. The number of methoxy groups -OCH3 is 1. The Morgan fingerprint density at radius 1 is 1.06 bits per heavy atom. The molecular formula is C34H36ClF4N5O3. The molecule has 13 heteroatoms. The van der Waals surface area contributed by atoms with Crippen LogP contribution in [0.5, 0.6) is 0 Å². The average molecular weight is 674 g/mol. The van der Waals surface area contributed by atoms with Gasteiger partial charge in [0.25, 0.3) is 5.91 Å². The van der Waals surface area contributed by atoms with E-state index in [-0.39, 0.29) is 45.3 Å². The van der Waals surface area contributed by atoms with Gasteiger partial charge in [0.2, 0.25) is 0 Å². The van der Waals surface area contributed by atoms with Crippen LogP contribution in [0.3, 0.4) is 0 Å². The lowest BCUT2D eigenvalue weighted by molar-refractivity contribution is -0.143. The number of carbonyl (C=O) groups is 2. The van der Waals surface area contributed by atoms with Crippen molar-refractivity contribution in [2.75, 3.05) is 31.6 Å². The number of aromatic nitrogens is 3.